The van der Waals surface area contributed by atoms with Gasteiger partial charge < -0.3 is 9.11 Å². The van der Waals surface area contributed by atoms with E-state index in [1.807, 2.05) is 0 Å². The van der Waals surface area contributed by atoms with Crippen LogP contribution in [0.5, 0.6) is 0 Å². The van der Waals surface area contributed by atoms with Crippen molar-refractivity contribution in [2.24, 2.45) is 0 Å². The van der Waals surface area contributed by atoms with E-state index in [-0.39, 0.29) is 6.16 Å². The van der Waals surface area contributed by atoms with Crippen molar-refractivity contribution >= 4 is 18.1 Å². The zero-order chi connectivity index (χ0) is 6.62. The highest BCUT2D eigenvalue weighted by Gasteiger charge is 2.11. The molecular formula is C3H9O3PSi. The highest BCUT2D eigenvalue weighted by atomic mass is 31.2. The van der Waals surface area contributed by atoms with Gasteiger partial charge in [0.25, 0.3) is 0 Å². The smallest absolute Gasteiger partial charge is 0.321 e. The van der Waals surface area contributed by atoms with Crippen molar-refractivity contribution < 1.29 is 13.7 Å². The molecule has 8 heavy (non-hydrogen) atoms. The first-order chi connectivity index (χ1) is 3.62. The summed E-state index contributed by atoms with van der Waals surface area (Å²) >= 11 is 0. The molecule has 0 bridgehead atoms. The highest BCUT2D eigenvalue weighted by Crippen LogP contribution is 2.39. The fraction of sp³-hybridized carbons (Fsp3) is 0.333. The molecule has 0 heterocycles. The molecule has 0 saturated heterocycles. The minimum absolute atomic E-state index is 0.0521. The summed E-state index contributed by atoms with van der Waals surface area (Å²) in [7, 11) is -2.93. The molecule has 48 valence electrons. The van der Waals surface area contributed by atoms with E-state index in [4.69, 9.17) is 4.89 Å². The zero-order valence-electron chi connectivity index (χ0n) is 4.70. The predicted octanol–water partition coefficient (Wildman–Crippen LogP) is -0.345. The van der Waals surface area contributed by atoms with Gasteiger partial charge in [0.15, 0.2) is 10.5 Å². The van der Waals surface area contributed by atoms with Crippen LogP contribution in [0.4, 0.5) is 0 Å². The molecule has 1 atom stereocenters. The summed E-state index contributed by atoms with van der Waals surface area (Å²) in [5.41, 5.74) is 0. The quantitative estimate of drug-likeness (QED) is 0.342. The van der Waals surface area contributed by atoms with Gasteiger partial charge in [-0.25, -0.2) is 0 Å². The molecule has 0 amide bonds. The Bertz CT molecular complexity index is 124. The third-order valence-electron chi connectivity index (χ3n) is 0.645. The van der Waals surface area contributed by atoms with Gasteiger partial charge in [-0.3, -0.25) is 4.57 Å². The zero-order valence-corrected chi connectivity index (χ0v) is 7.60. The van der Waals surface area contributed by atoms with Crippen LogP contribution in [0.1, 0.15) is 0 Å². The van der Waals surface area contributed by atoms with Crippen molar-refractivity contribution in [3.05, 3.63) is 12.7 Å². The molecule has 0 aliphatic heterocycles. The first kappa shape index (κ1) is 8.11. The van der Waals surface area contributed by atoms with Crippen molar-refractivity contribution in [3.8, 4) is 0 Å². The Morgan fingerprint density at radius 2 is 2.50 bits per heavy atom. The van der Waals surface area contributed by atoms with E-state index in [1.165, 1.54) is 6.08 Å². The van der Waals surface area contributed by atoms with E-state index in [0.717, 1.165) is 0 Å². The van der Waals surface area contributed by atoms with Crippen molar-refractivity contribution in [3.63, 3.8) is 0 Å². The van der Waals surface area contributed by atoms with Crippen LogP contribution < -0.4 is 0 Å². The van der Waals surface area contributed by atoms with E-state index < -0.39 is 7.60 Å². The summed E-state index contributed by atoms with van der Waals surface area (Å²) in [6, 6.07) is 0. The molecular weight excluding hydrogens is 143 g/mol. The number of allylic oxidation sites excluding steroid dienone is 1. The van der Waals surface area contributed by atoms with Gasteiger partial charge in [-0.15, -0.1) is 6.58 Å². The van der Waals surface area contributed by atoms with E-state index in [1.54, 1.807) is 0 Å². The van der Waals surface area contributed by atoms with Crippen molar-refractivity contribution in [2.75, 3.05) is 6.16 Å². The summed E-state index contributed by atoms with van der Waals surface area (Å²) in [6.07, 6.45) is 1.43. The van der Waals surface area contributed by atoms with Crippen LogP contribution in [0, 0.1) is 0 Å². The Morgan fingerprint density at radius 1 is 2.00 bits per heavy atom. The summed E-state index contributed by atoms with van der Waals surface area (Å²) < 4.78 is 14.8. The van der Waals surface area contributed by atoms with Gasteiger partial charge in [-0.2, -0.15) is 0 Å². The second-order valence-corrected chi connectivity index (χ2v) is 4.39. The van der Waals surface area contributed by atoms with E-state index in [0.29, 0.717) is 10.5 Å². The Labute approximate surface area is 51.4 Å². The molecule has 5 heteroatoms. The molecule has 0 aromatic carbocycles. The molecule has 0 spiro atoms. The Kier molecular flexibility index (Phi) is 3.24. The summed E-state index contributed by atoms with van der Waals surface area (Å²) in [5.74, 6) is 0. The molecule has 0 aromatic rings. The van der Waals surface area contributed by atoms with Crippen LogP contribution in [-0.2, 0) is 8.78 Å². The predicted molar refractivity (Wildman–Crippen MR) is 35.9 cm³/mol. The fourth-order valence-corrected chi connectivity index (χ4v) is 1.16. The molecule has 1 unspecified atom stereocenters. The summed E-state index contributed by atoms with van der Waals surface area (Å²) in [4.78, 5) is 8.62. The van der Waals surface area contributed by atoms with Gasteiger partial charge in [0.2, 0.25) is 0 Å². The molecule has 1 N–H and O–H groups in total. The van der Waals surface area contributed by atoms with Crippen LogP contribution in [0.25, 0.3) is 0 Å². The van der Waals surface area contributed by atoms with Crippen LogP contribution in [-0.4, -0.2) is 21.5 Å². The average molecular weight is 152 g/mol. The van der Waals surface area contributed by atoms with Crippen molar-refractivity contribution in [1.82, 2.24) is 0 Å². The lowest BCUT2D eigenvalue weighted by molar-refractivity contribution is 0.397. The van der Waals surface area contributed by atoms with Gasteiger partial charge in [0.1, 0.15) is 0 Å². The maximum Gasteiger partial charge on any atom is 0.321 e. The van der Waals surface area contributed by atoms with Gasteiger partial charge in [0, 0.05) is 0 Å². The molecule has 0 radical (unpaired) electrons. The lowest BCUT2D eigenvalue weighted by Gasteiger charge is -2.03. The van der Waals surface area contributed by atoms with Gasteiger partial charge in [-0.05, 0) is 0 Å². The molecule has 0 aliphatic carbocycles. The second-order valence-electron chi connectivity index (χ2n) is 1.29. The SMILES string of the molecule is C=CCP(=O)(O)O[SiH3]. The molecule has 0 saturated carbocycles. The van der Waals surface area contributed by atoms with E-state index in [9.17, 15) is 4.57 Å². The molecule has 0 fully saturated rings. The minimum atomic E-state index is -3.23. The molecule has 0 aromatic heterocycles. The lowest BCUT2D eigenvalue weighted by atomic mass is 10.8. The first-order valence-electron chi connectivity index (χ1n) is 2.11. The average Bonchev–Trinajstić information content (AvgIpc) is 1.67. The van der Waals surface area contributed by atoms with Crippen molar-refractivity contribution in [1.29, 1.82) is 0 Å². The Morgan fingerprint density at radius 3 is 2.62 bits per heavy atom. The maximum absolute atomic E-state index is 10.5. The Balaban J connectivity index is 3.72. The van der Waals surface area contributed by atoms with Gasteiger partial charge in [-0.1, -0.05) is 6.08 Å². The highest BCUT2D eigenvalue weighted by molar-refractivity contribution is 7.53. The summed E-state index contributed by atoms with van der Waals surface area (Å²) in [5, 5.41) is 0. The van der Waals surface area contributed by atoms with Gasteiger partial charge in [0.05, 0.1) is 6.16 Å². The number of hydrogen-bond donors (Lipinski definition) is 1. The lowest BCUT2D eigenvalue weighted by Crippen LogP contribution is -1.86. The van der Waals surface area contributed by atoms with E-state index >= 15 is 0 Å². The van der Waals surface area contributed by atoms with Crippen LogP contribution in [0.15, 0.2) is 12.7 Å². The summed E-state index contributed by atoms with van der Waals surface area (Å²) in [6.45, 7) is 3.30. The third kappa shape index (κ3) is 3.15. The van der Waals surface area contributed by atoms with E-state index in [2.05, 4.69) is 10.8 Å². The minimum Gasteiger partial charge on any atom is -0.362 e. The maximum atomic E-state index is 10.5. The van der Waals surface area contributed by atoms with Crippen LogP contribution in [0.2, 0.25) is 0 Å². The van der Waals surface area contributed by atoms with Crippen LogP contribution >= 0.6 is 7.60 Å². The second kappa shape index (κ2) is 3.20. The van der Waals surface area contributed by atoms with Crippen molar-refractivity contribution in [2.45, 2.75) is 0 Å². The topological polar surface area (TPSA) is 46.5 Å². The number of rotatable bonds is 3. The molecule has 3 nitrogen and oxygen atoms in total. The number of hydrogen-bond acceptors (Lipinski definition) is 2. The van der Waals surface area contributed by atoms with Crippen LogP contribution in [0.3, 0.4) is 0 Å². The third-order valence-corrected chi connectivity index (χ3v) is 3.65. The monoisotopic (exact) mass is 152 g/mol. The molecule has 0 aliphatic rings. The standard InChI is InChI=1S/C3H9O3PSi/c1-2-3-7(4,5)6-8/h2H,1,3H2,8H3,(H,4,5). The Hall–Kier alpha value is 0.107. The largest absolute Gasteiger partial charge is 0.362 e. The van der Waals surface area contributed by atoms with Gasteiger partial charge >= 0.3 is 7.60 Å². The normalized spacial score (nSPS) is 17.6. The fourth-order valence-electron chi connectivity index (χ4n) is 0.238. The first-order valence-corrected chi connectivity index (χ1v) is 4.69. The molecule has 0 rings (SSSR count).